The fraction of sp³-hybridized carbons (Fsp3) is 0.444. The normalized spacial score (nSPS) is 12.5. The molecule has 1 atom stereocenters. The number of hydrogen-bond acceptors (Lipinski definition) is 4. The van der Waals surface area contributed by atoms with Crippen LogP contribution in [0.5, 0.6) is 5.88 Å². The monoisotopic (exact) mass is 182 g/mol. The van der Waals surface area contributed by atoms with Gasteiger partial charge in [-0.1, -0.05) is 6.07 Å². The third-order valence-corrected chi connectivity index (χ3v) is 1.71. The van der Waals surface area contributed by atoms with Gasteiger partial charge in [0, 0.05) is 24.7 Å². The van der Waals surface area contributed by atoms with Gasteiger partial charge in [-0.15, -0.1) is 0 Å². The summed E-state index contributed by atoms with van der Waals surface area (Å²) in [6, 6.07) is 5.43. The Bertz CT molecular complexity index is 266. The number of rotatable bonds is 4. The molecule has 13 heavy (non-hydrogen) atoms. The Kier molecular flexibility index (Phi) is 3.67. The first-order valence-electron chi connectivity index (χ1n) is 4.14. The van der Waals surface area contributed by atoms with Crippen molar-refractivity contribution in [2.24, 2.45) is 5.73 Å². The first-order chi connectivity index (χ1) is 6.26. The second-order valence-electron chi connectivity index (χ2n) is 2.76. The van der Waals surface area contributed by atoms with E-state index in [1.165, 1.54) is 0 Å². The number of hydrogen-bond donors (Lipinski definition) is 2. The van der Waals surface area contributed by atoms with E-state index in [4.69, 9.17) is 10.5 Å². The van der Waals surface area contributed by atoms with Crippen LogP contribution in [0.15, 0.2) is 18.2 Å². The van der Waals surface area contributed by atoms with Crippen LogP contribution in [0.25, 0.3) is 0 Å². The van der Waals surface area contributed by atoms with Crippen molar-refractivity contribution in [3.8, 4) is 5.88 Å². The maximum atomic E-state index is 9.27. The molecule has 1 unspecified atom stereocenters. The predicted octanol–water partition coefficient (Wildman–Crippen LogP) is -0.0477. The number of methoxy groups -OCH3 is 1. The molecule has 4 heteroatoms. The van der Waals surface area contributed by atoms with Crippen LogP contribution in [0.4, 0.5) is 0 Å². The highest BCUT2D eigenvalue weighted by Gasteiger charge is 2.04. The Morgan fingerprint density at radius 1 is 1.62 bits per heavy atom. The lowest BCUT2D eigenvalue weighted by atomic mass is 10.2. The third kappa shape index (κ3) is 3.01. The molecule has 1 heterocycles. The molecule has 4 nitrogen and oxygen atoms in total. The van der Waals surface area contributed by atoms with Crippen LogP contribution in [-0.2, 0) is 6.42 Å². The number of aliphatic hydroxyl groups is 1. The third-order valence-electron chi connectivity index (χ3n) is 1.71. The van der Waals surface area contributed by atoms with Crippen molar-refractivity contribution < 1.29 is 9.84 Å². The van der Waals surface area contributed by atoms with Gasteiger partial charge in [-0.25, -0.2) is 4.98 Å². The van der Waals surface area contributed by atoms with E-state index in [0.29, 0.717) is 12.3 Å². The van der Waals surface area contributed by atoms with Crippen molar-refractivity contribution >= 4 is 0 Å². The van der Waals surface area contributed by atoms with Crippen LogP contribution in [0.3, 0.4) is 0 Å². The average molecular weight is 182 g/mol. The smallest absolute Gasteiger partial charge is 0.213 e. The summed E-state index contributed by atoms with van der Waals surface area (Å²) in [5.41, 5.74) is 6.07. The first kappa shape index (κ1) is 9.95. The van der Waals surface area contributed by atoms with E-state index in [2.05, 4.69) is 4.98 Å². The Hall–Kier alpha value is -1.13. The lowest BCUT2D eigenvalue weighted by molar-refractivity contribution is 0.182. The molecule has 1 aromatic heterocycles. The van der Waals surface area contributed by atoms with Crippen molar-refractivity contribution in [3.63, 3.8) is 0 Å². The summed E-state index contributed by atoms with van der Waals surface area (Å²) in [4.78, 5) is 4.14. The molecule has 1 rings (SSSR count). The summed E-state index contributed by atoms with van der Waals surface area (Å²) >= 11 is 0. The molecule has 0 saturated heterocycles. The highest BCUT2D eigenvalue weighted by molar-refractivity contribution is 5.16. The Balaban J connectivity index is 2.66. The van der Waals surface area contributed by atoms with Gasteiger partial charge in [0.15, 0.2) is 0 Å². The van der Waals surface area contributed by atoms with Gasteiger partial charge in [-0.05, 0) is 6.07 Å². The minimum absolute atomic E-state index is 0.249. The van der Waals surface area contributed by atoms with E-state index >= 15 is 0 Å². The Morgan fingerprint density at radius 2 is 2.38 bits per heavy atom. The fourth-order valence-electron chi connectivity index (χ4n) is 1.01. The van der Waals surface area contributed by atoms with E-state index in [-0.39, 0.29) is 6.54 Å². The van der Waals surface area contributed by atoms with Crippen molar-refractivity contribution in [3.05, 3.63) is 23.9 Å². The maximum Gasteiger partial charge on any atom is 0.213 e. The minimum Gasteiger partial charge on any atom is -0.481 e. The molecule has 72 valence electrons. The zero-order valence-electron chi connectivity index (χ0n) is 7.60. The summed E-state index contributed by atoms with van der Waals surface area (Å²) in [6.07, 6.45) is -0.0622. The molecule has 0 spiro atoms. The molecule has 0 bridgehead atoms. The van der Waals surface area contributed by atoms with E-state index in [0.717, 1.165) is 5.69 Å². The molecule has 0 aliphatic rings. The molecule has 3 N–H and O–H groups in total. The van der Waals surface area contributed by atoms with Crippen LogP contribution >= 0.6 is 0 Å². The molecular formula is C9H14N2O2. The summed E-state index contributed by atoms with van der Waals surface area (Å²) in [6.45, 7) is 0.249. The first-order valence-corrected chi connectivity index (χ1v) is 4.14. The maximum absolute atomic E-state index is 9.27. The largest absolute Gasteiger partial charge is 0.481 e. The number of aliphatic hydroxyl groups excluding tert-OH is 1. The second-order valence-corrected chi connectivity index (χ2v) is 2.76. The van der Waals surface area contributed by atoms with Gasteiger partial charge in [-0.3, -0.25) is 0 Å². The zero-order chi connectivity index (χ0) is 9.68. The van der Waals surface area contributed by atoms with Crippen molar-refractivity contribution in [2.45, 2.75) is 12.5 Å². The average Bonchev–Trinajstić information content (AvgIpc) is 2.18. The summed E-state index contributed by atoms with van der Waals surface area (Å²) in [5.74, 6) is 0.557. The van der Waals surface area contributed by atoms with E-state index in [9.17, 15) is 5.11 Å². The molecule has 1 aromatic rings. The zero-order valence-corrected chi connectivity index (χ0v) is 7.60. The number of nitrogens with zero attached hydrogens (tertiary/aromatic N) is 1. The Labute approximate surface area is 77.4 Å². The molecule has 0 saturated carbocycles. The van der Waals surface area contributed by atoms with E-state index < -0.39 is 6.10 Å². The van der Waals surface area contributed by atoms with Gasteiger partial charge >= 0.3 is 0 Å². The molecule has 0 radical (unpaired) electrons. The van der Waals surface area contributed by atoms with Crippen molar-refractivity contribution in [1.82, 2.24) is 4.98 Å². The highest BCUT2D eigenvalue weighted by atomic mass is 16.5. The quantitative estimate of drug-likeness (QED) is 0.685. The standard InChI is InChI=1S/C9H14N2O2/c1-13-9-4-2-3-7(11-9)5-8(12)6-10/h2-4,8,12H,5-6,10H2,1H3. The van der Waals surface area contributed by atoms with Gasteiger partial charge in [0.25, 0.3) is 0 Å². The number of nitrogens with two attached hydrogens (primary N) is 1. The van der Waals surface area contributed by atoms with Crippen LogP contribution in [0, 0.1) is 0 Å². The van der Waals surface area contributed by atoms with Gasteiger partial charge in [0.2, 0.25) is 5.88 Å². The molecule has 0 aromatic carbocycles. The van der Waals surface area contributed by atoms with E-state index in [1.54, 1.807) is 13.2 Å². The molecule has 0 amide bonds. The van der Waals surface area contributed by atoms with Gasteiger partial charge < -0.3 is 15.6 Å². The van der Waals surface area contributed by atoms with Crippen LogP contribution < -0.4 is 10.5 Å². The number of ether oxygens (including phenoxy) is 1. The lowest BCUT2D eigenvalue weighted by Gasteiger charge is -2.07. The summed E-state index contributed by atoms with van der Waals surface area (Å²) in [5, 5.41) is 9.27. The summed E-state index contributed by atoms with van der Waals surface area (Å²) < 4.78 is 4.95. The molecular weight excluding hydrogens is 168 g/mol. The highest BCUT2D eigenvalue weighted by Crippen LogP contribution is 2.07. The lowest BCUT2D eigenvalue weighted by Crippen LogP contribution is -2.22. The minimum atomic E-state index is -0.528. The number of aromatic nitrogens is 1. The fourth-order valence-corrected chi connectivity index (χ4v) is 1.01. The van der Waals surface area contributed by atoms with Crippen LogP contribution in [0.2, 0.25) is 0 Å². The summed E-state index contributed by atoms with van der Waals surface area (Å²) in [7, 11) is 1.56. The van der Waals surface area contributed by atoms with E-state index in [1.807, 2.05) is 12.1 Å². The number of pyridine rings is 1. The van der Waals surface area contributed by atoms with Gasteiger partial charge in [0.1, 0.15) is 0 Å². The SMILES string of the molecule is COc1cccc(CC(O)CN)n1. The van der Waals surface area contributed by atoms with Gasteiger partial charge in [-0.2, -0.15) is 0 Å². The van der Waals surface area contributed by atoms with Crippen molar-refractivity contribution in [1.29, 1.82) is 0 Å². The van der Waals surface area contributed by atoms with Crippen LogP contribution in [0.1, 0.15) is 5.69 Å². The van der Waals surface area contributed by atoms with Crippen LogP contribution in [-0.4, -0.2) is 29.8 Å². The predicted molar refractivity (Wildman–Crippen MR) is 49.6 cm³/mol. The molecule has 0 aliphatic heterocycles. The van der Waals surface area contributed by atoms with Gasteiger partial charge in [0.05, 0.1) is 13.2 Å². The topological polar surface area (TPSA) is 68.4 Å². The second kappa shape index (κ2) is 4.79. The molecule has 0 aliphatic carbocycles. The Morgan fingerprint density at radius 3 is 3.00 bits per heavy atom. The molecule has 0 fully saturated rings. The van der Waals surface area contributed by atoms with Crippen molar-refractivity contribution in [2.75, 3.05) is 13.7 Å².